The van der Waals surface area contributed by atoms with Crippen LogP contribution in [-0.4, -0.2) is 4.92 Å². The number of benzene rings is 1. The van der Waals surface area contributed by atoms with Gasteiger partial charge in [-0.15, -0.1) is 11.3 Å². The molecule has 1 unspecified atom stereocenters. The summed E-state index contributed by atoms with van der Waals surface area (Å²) in [5, 5.41) is 15.3. The molecule has 0 bridgehead atoms. The summed E-state index contributed by atoms with van der Waals surface area (Å²) in [7, 11) is 0. The van der Waals surface area contributed by atoms with Gasteiger partial charge in [0.15, 0.2) is 5.82 Å². The molecule has 106 valence electrons. The summed E-state index contributed by atoms with van der Waals surface area (Å²) in [5.41, 5.74) is -0.222. The number of rotatable bonds is 4. The van der Waals surface area contributed by atoms with E-state index < -0.39 is 28.3 Å². The molecule has 0 amide bonds. The topological polar surface area (TPSA) is 55.2 Å². The number of nitrogens with zero attached hydrogens (tertiary/aromatic N) is 1. The summed E-state index contributed by atoms with van der Waals surface area (Å²) < 4.78 is 27.3. The molecule has 0 aliphatic rings. The average molecular weight is 319 g/mol. The zero-order valence-corrected chi connectivity index (χ0v) is 11.8. The third kappa shape index (κ3) is 3.05. The molecule has 2 rings (SSSR count). The highest BCUT2D eigenvalue weighted by Gasteiger charge is 2.22. The van der Waals surface area contributed by atoms with Crippen LogP contribution in [0, 0.1) is 21.7 Å². The minimum absolute atomic E-state index is 0.341. The maximum Gasteiger partial charge on any atom is 0.298 e. The standard InChI is InChI=1S/C12H9ClF2N2O2S/c1-6(7-2-11(13)20-5-7)16-12-9(15)3-8(14)4-10(12)17(18)19/h2-6,16H,1H3. The normalized spacial score (nSPS) is 12.2. The van der Waals surface area contributed by atoms with Crippen LogP contribution in [0.3, 0.4) is 0 Å². The van der Waals surface area contributed by atoms with Crippen molar-refractivity contribution in [3.63, 3.8) is 0 Å². The summed E-state index contributed by atoms with van der Waals surface area (Å²) in [4.78, 5) is 10.0. The fourth-order valence-corrected chi connectivity index (χ4v) is 2.68. The molecule has 0 aliphatic heterocycles. The smallest absolute Gasteiger partial charge is 0.298 e. The zero-order valence-electron chi connectivity index (χ0n) is 10.2. The molecular weight excluding hydrogens is 310 g/mol. The van der Waals surface area contributed by atoms with Crippen molar-refractivity contribution in [2.75, 3.05) is 5.32 Å². The molecule has 8 heteroatoms. The molecule has 0 spiro atoms. The number of anilines is 1. The van der Waals surface area contributed by atoms with Gasteiger partial charge in [0.25, 0.3) is 5.69 Å². The Morgan fingerprint density at radius 2 is 2.10 bits per heavy atom. The van der Waals surface area contributed by atoms with E-state index in [1.54, 1.807) is 18.4 Å². The van der Waals surface area contributed by atoms with E-state index in [0.29, 0.717) is 16.5 Å². The fourth-order valence-electron chi connectivity index (χ4n) is 1.70. The largest absolute Gasteiger partial charge is 0.371 e. The lowest BCUT2D eigenvalue weighted by atomic mass is 10.1. The zero-order chi connectivity index (χ0) is 14.9. The van der Waals surface area contributed by atoms with E-state index in [-0.39, 0.29) is 5.69 Å². The number of nitrogens with one attached hydrogen (secondary N) is 1. The Bertz CT molecular complexity index is 663. The number of nitro benzene ring substituents is 1. The number of hydrogen-bond donors (Lipinski definition) is 1. The molecule has 1 atom stereocenters. The lowest BCUT2D eigenvalue weighted by Crippen LogP contribution is -2.09. The quantitative estimate of drug-likeness (QED) is 0.653. The Kier molecular flexibility index (Phi) is 4.20. The fraction of sp³-hybridized carbons (Fsp3) is 0.167. The Labute approximate surface area is 122 Å². The van der Waals surface area contributed by atoms with Gasteiger partial charge in [-0.2, -0.15) is 0 Å². The van der Waals surface area contributed by atoms with Crippen LogP contribution in [0.1, 0.15) is 18.5 Å². The Balaban J connectivity index is 2.35. The minimum Gasteiger partial charge on any atom is -0.371 e. The highest BCUT2D eigenvalue weighted by Crippen LogP contribution is 2.33. The van der Waals surface area contributed by atoms with E-state index in [2.05, 4.69) is 5.32 Å². The van der Waals surface area contributed by atoms with E-state index in [1.807, 2.05) is 0 Å². The highest BCUT2D eigenvalue weighted by molar-refractivity contribution is 7.14. The monoisotopic (exact) mass is 318 g/mol. The molecule has 0 saturated heterocycles. The Hall–Kier alpha value is -1.73. The first-order valence-electron chi connectivity index (χ1n) is 5.52. The van der Waals surface area contributed by atoms with Crippen LogP contribution in [0.15, 0.2) is 23.6 Å². The molecule has 0 aliphatic carbocycles. The minimum atomic E-state index is -1.01. The average Bonchev–Trinajstić information content (AvgIpc) is 2.78. The Morgan fingerprint density at radius 3 is 2.65 bits per heavy atom. The van der Waals surface area contributed by atoms with Crippen molar-refractivity contribution in [3.8, 4) is 0 Å². The van der Waals surface area contributed by atoms with Crippen molar-refractivity contribution >= 4 is 34.3 Å². The highest BCUT2D eigenvalue weighted by atomic mass is 35.5. The second kappa shape index (κ2) is 5.72. The van der Waals surface area contributed by atoms with Gasteiger partial charge >= 0.3 is 0 Å². The molecular formula is C12H9ClF2N2O2S. The molecule has 1 aromatic heterocycles. The van der Waals surface area contributed by atoms with Crippen molar-refractivity contribution in [1.29, 1.82) is 0 Å². The van der Waals surface area contributed by atoms with Crippen LogP contribution in [-0.2, 0) is 0 Å². The second-order valence-corrected chi connectivity index (χ2v) is 5.63. The van der Waals surface area contributed by atoms with Gasteiger partial charge in [-0.1, -0.05) is 11.6 Å². The SMILES string of the molecule is CC(Nc1c(F)cc(F)cc1[N+](=O)[O-])c1csc(Cl)c1. The number of thiophene rings is 1. The van der Waals surface area contributed by atoms with Crippen LogP contribution in [0.25, 0.3) is 0 Å². The molecule has 4 nitrogen and oxygen atoms in total. The lowest BCUT2D eigenvalue weighted by Gasteiger charge is -2.14. The molecule has 1 N–H and O–H groups in total. The van der Waals surface area contributed by atoms with E-state index >= 15 is 0 Å². The maximum atomic E-state index is 13.7. The van der Waals surface area contributed by atoms with Gasteiger partial charge in [0.05, 0.1) is 15.3 Å². The molecule has 20 heavy (non-hydrogen) atoms. The van der Waals surface area contributed by atoms with E-state index in [0.717, 1.165) is 5.56 Å². The first-order chi connectivity index (χ1) is 9.38. The predicted octanol–water partition coefficient (Wildman–Crippen LogP) is 4.76. The summed E-state index contributed by atoms with van der Waals surface area (Å²) >= 11 is 7.10. The van der Waals surface area contributed by atoms with E-state index in [1.165, 1.54) is 11.3 Å². The summed E-state index contributed by atoms with van der Waals surface area (Å²) in [5.74, 6) is -2.00. The van der Waals surface area contributed by atoms with Gasteiger partial charge in [0.1, 0.15) is 11.5 Å². The van der Waals surface area contributed by atoms with Gasteiger partial charge in [0.2, 0.25) is 0 Å². The van der Waals surface area contributed by atoms with Crippen LogP contribution < -0.4 is 5.32 Å². The summed E-state index contributed by atoms with van der Waals surface area (Å²) in [6, 6.07) is 2.55. The third-order valence-corrected chi connectivity index (χ3v) is 3.79. The number of halogens is 3. The molecule has 1 heterocycles. The molecule has 2 aromatic rings. The molecule has 0 saturated carbocycles. The predicted molar refractivity (Wildman–Crippen MR) is 74.4 cm³/mol. The summed E-state index contributed by atoms with van der Waals surface area (Å²) in [6.07, 6.45) is 0. The van der Waals surface area contributed by atoms with E-state index in [9.17, 15) is 18.9 Å². The number of nitro groups is 1. The molecule has 0 radical (unpaired) electrons. The van der Waals surface area contributed by atoms with Gasteiger partial charge in [-0.25, -0.2) is 8.78 Å². The first kappa shape index (κ1) is 14.7. The second-order valence-electron chi connectivity index (χ2n) is 4.09. The van der Waals surface area contributed by atoms with Crippen LogP contribution in [0.2, 0.25) is 4.34 Å². The molecule has 0 fully saturated rings. The third-order valence-electron chi connectivity index (χ3n) is 2.68. The van der Waals surface area contributed by atoms with Crippen molar-refractivity contribution in [2.24, 2.45) is 0 Å². The first-order valence-corrected chi connectivity index (χ1v) is 6.78. The van der Waals surface area contributed by atoms with Crippen molar-refractivity contribution < 1.29 is 13.7 Å². The van der Waals surface area contributed by atoms with Crippen LogP contribution in [0.5, 0.6) is 0 Å². The maximum absolute atomic E-state index is 13.7. The van der Waals surface area contributed by atoms with E-state index in [4.69, 9.17) is 11.6 Å². The van der Waals surface area contributed by atoms with Crippen LogP contribution in [0.4, 0.5) is 20.2 Å². The van der Waals surface area contributed by atoms with Gasteiger partial charge in [-0.05, 0) is 23.9 Å². The summed E-state index contributed by atoms with van der Waals surface area (Å²) in [6.45, 7) is 1.70. The number of hydrogen-bond acceptors (Lipinski definition) is 4. The van der Waals surface area contributed by atoms with Crippen molar-refractivity contribution in [2.45, 2.75) is 13.0 Å². The van der Waals surface area contributed by atoms with Crippen LogP contribution >= 0.6 is 22.9 Å². The van der Waals surface area contributed by atoms with Crippen molar-refractivity contribution in [3.05, 3.63) is 55.2 Å². The van der Waals surface area contributed by atoms with Crippen molar-refractivity contribution in [1.82, 2.24) is 0 Å². The lowest BCUT2D eigenvalue weighted by molar-refractivity contribution is -0.384. The Morgan fingerprint density at radius 1 is 1.40 bits per heavy atom. The molecule has 1 aromatic carbocycles. The van der Waals surface area contributed by atoms with Gasteiger partial charge in [0, 0.05) is 12.1 Å². The van der Waals surface area contributed by atoms with Gasteiger partial charge < -0.3 is 5.32 Å². The van der Waals surface area contributed by atoms with Gasteiger partial charge in [-0.3, -0.25) is 10.1 Å².